The first kappa shape index (κ1) is 114. The number of para-hydroxylation sites is 2. The van der Waals surface area contributed by atoms with Gasteiger partial charge in [0.05, 0.1) is 56.5 Å². The van der Waals surface area contributed by atoms with Crippen molar-refractivity contribution in [3.8, 4) is 54.9 Å². The SMILES string of the molecule is CC(=O)C=C(C)O.CC(=O)C=C(C)O.CC(=O)C=C(C)O.CC(=O)C=C(C)O.CC(O)=CC(C)O.CN(C)c1ccc2[c-]c(-c3nc4ccccc4s3)c(=O)oc2c1.[Ir].[Ir].[Ir].[Ir].[Ir].[c-]1cc2ccccc2cc1-c1nccc2ccccc12.[c-]1ccc2ccccc2c1-c1cc2ccccc2cn1.[c-]1ccc2ccccc2c1-c1nc2ccccc2s1.[c-]1ccccc1-c1ccccn1. The Morgan fingerprint density at radius 1 is 0.396 bits per heavy atom. The van der Waals surface area contributed by atoms with E-state index in [0.29, 0.717) is 16.2 Å². The van der Waals surface area contributed by atoms with Crippen molar-refractivity contribution >= 4 is 137 Å². The van der Waals surface area contributed by atoms with E-state index in [0.717, 1.165) is 76.5 Å². The van der Waals surface area contributed by atoms with E-state index in [2.05, 4.69) is 202 Å². The van der Waals surface area contributed by atoms with Crippen LogP contribution in [0.1, 0.15) is 69.2 Å². The number of hydrogen-bond acceptors (Lipinski definition) is 20. The smallest absolute Gasteiger partial charge is 0.269 e. The maximum Gasteiger partial charge on any atom is 0.269 e. The maximum atomic E-state index is 12.3. The first-order valence-electron chi connectivity index (χ1n) is 40.7. The Morgan fingerprint density at radius 3 is 1.31 bits per heavy atom. The zero-order valence-electron chi connectivity index (χ0n) is 75.1. The summed E-state index contributed by atoms with van der Waals surface area (Å²) in [5.41, 5.74) is 10.6. The van der Waals surface area contributed by atoms with Crippen molar-refractivity contribution in [1.82, 2.24) is 24.9 Å². The van der Waals surface area contributed by atoms with Gasteiger partial charge < -0.3 is 54.9 Å². The molecule has 0 spiro atoms. The molecule has 0 aliphatic heterocycles. The molecule has 0 aliphatic rings. The van der Waals surface area contributed by atoms with E-state index < -0.39 is 11.7 Å². The van der Waals surface area contributed by atoms with Gasteiger partial charge in [0, 0.05) is 178 Å². The number of fused-ring (bicyclic) bond motifs is 8. The number of carbonyl (C=O) groups excluding carboxylic acids is 4. The summed E-state index contributed by atoms with van der Waals surface area (Å²) in [4.78, 5) is 77.0. The van der Waals surface area contributed by atoms with Gasteiger partial charge in [0.2, 0.25) is 0 Å². The van der Waals surface area contributed by atoms with Gasteiger partial charge in [-0.2, -0.15) is 22.7 Å². The molecule has 0 bridgehead atoms. The summed E-state index contributed by atoms with van der Waals surface area (Å²) in [6, 6.07) is 110. The van der Waals surface area contributed by atoms with Gasteiger partial charge in [-0.3, -0.25) is 33.9 Å². The van der Waals surface area contributed by atoms with E-state index in [4.69, 9.17) is 40.0 Å². The Morgan fingerprint density at radius 2 is 0.843 bits per heavy atom. The maximum absolute atomic E-state index is 12.3. The van der Waals surface area contributed by atoms with Crippen LogP contribution in [0, 0.1) is 30.3 Å². The van der Waals surface area contributed by atoms with Crippen molar-refractivity contribution in [3.63, 3.8) is 0 Å². The third-order valence-electron chi connectivity index (χ3n) is 17.9. The van der Waals surface area contributed by atoms with Crippen molar-refractivity contribution in [2.45, 2.75) is 75.3 Å². The molecule has 0 saturated heterocycles. The minimum Gasteiger partial charge on any atom is -0.513 e. The zero-order valence-corrected chi connectivity index (χ0v) is 88.7. The Labute approximate surface area is 855 Å². The van der Waals surface area contributed by atoms with Gasteiger partial charge in [-0.15, -0.1) is 135 Å². The van der Waals surface area contributed by atoms with Crippen LogP contribution in [-0.4, -0.2) is 98.9 Å². The molecule has 18 aromatic rings. The fraction of sp³-hybridized carbons (Fsp3) is 0.119. The summed E-state index contributed by atoms with van der Waals surface area (Å²) in [5.74, 6) is -0.0880. The Balaban J connectivity index is 0.000000321. The average Bonchev–Trinajstić information content (AvgIpc) is 0.860. The average molecular weight is 2710 g/mol. The molecule has 697 valence electrons. The number of allylic oxidation sites excluding steroid dienone is 9. The Kier molecular flexibility index (Phi) is 50.0. The van der Waals surface area contributed by atoms with Crippen LogP contribution in [-0.2, 0) is 120 Å². The molecule has 1 unspecified atom stereocenters. The predicted molar refractivity (Wildman–Crippen MR) is 528 cm³/mol. The summed E-state index contributed by atoms with van der Waals surface area (Å²) in [7, 11) is 3.89. The van der Waals surface area contributed by atoms with E-state index in [1.54, 1.807) is 24.5 Å². The van der Waals surface area contributed by atoms with Crippen LogP contribution in [0.2, 0.25) is 0 Å². The largest absolute Gasteiger partial charge is 0.513 e. The van der Waals surface area contributed by atoms with E-state index >= 15 is 0 Å². The second-order valence-corrected chi connectivity index (χ2v) is 31.3. The molecule has 0 amide bonds. The van der Waals surface area contributed by atoms with Crippen LogP contribution in [0.5, 0.6) is 0 Å². The molecule has 6 heterocycles. The quantitative estimate of drug-likeness (QED) is 0.0304. The van der Waals surface area contributed by atoms with E-state index in [1.165, 1.54) is 157 Å². The molecule has 0 fully saturated rings. The molecule has 25 heteroatoms. The van der Waals surface area contributed by atoms with Crippen LogP contribution < -0.4 is 10.5 Å². The fourth-order valence-electron chi connectivity index (χ4n) is 12.5. The topological polar surface area (TPSA) is 288 Å². The molecule has 18 rings (SSSR count). The number of rotatable bonds is 11. The number of ketones is 4. The van der Waals surface area contributed by atoms with Gasteiger partial charge in [0.25, 0.3) is 5.63 Å². The molecular weight excluding hydrogens is 2610 g/mol. The summed E-state index contributed by atoms with van der Waals surface area (Å²) in [5, 5.41) is 64.8. The number of aromatic nitrogens is 5. The number of aliphatic hydroxyl groups excluding tert-OH is 6. The summed E-state index contributed by atoms with van der Waals surface area (Å²) in [6.07, 6.45) is 11.1. The van der Waals surface area contributed by atoms with E-state index in [1.807, 2.05) is 159 Å². The first-order chi connectivity index (χ1) is 62.0. The molecular formula is C109H97Ir5N6O12S2-5. The third-order valence-corrected chi connectivity index (χ3v) is 20.0. The van der Waals surface area contributed by atoms with Gasteiger partial charge in [0.1, 0.15) is 0 Å². The van der Waals surface area contributed by atoms with Crippen LogP contribution in [0.25, 0.3) is 140 Å². The molecule has 0 aliphatic carbocycles. The predicted octanol–water partition coefficient (Wildman–Crippen LogP) is 26.1. The molecule has 18 nitrogen and oxygen atoms in total. The first-order valence-corrected chi connectivity index (χ1v) is 42.3. The molecule has 6 aromatic heterocycles. The number of pyridine rings is 3. The molecule has 6 N–H and O–H groups in total. The number of benzene rings is 12. The fourth-order valence-corrected chi connectivity index (χ4v) is 14.5. The summed E-state index contributed by atoms with van der Waals surface area (Å²) in [6.45, 7) is 14.5. The number of carbonyl (C=O) groups is 4. The monoisotopic (exact) mass is 2710 g/mol. The van der Waals surface area contributed by atoms with Gasteiger partial charge in [-0.1, -0.05) is 191 Å². The number of thiazole rings is 2. The minimum atomic E-state index is -0.537. The van der Waals surface area contributed by atoms with Crippen LogP contribution in [0.4, 0.5) is 5.69 Å². The van der Waals surface area contributed by atoms with Crippen molar-refractivity contribution in [2.24, 2.45) is 0 Å². The molecule has 12 aromatic carbocycles. The van der Waals surface area contributed by atoms with Crippen molar-refractivity contribution in [3.05, 3.63) is 398 Å². The number of nitrogens with zero attached hydrogens (tertiary/aromatic N) is 6. The normalized spacial score (nSPS) is 10.9. The van der Waals surface area contributed by atoms with Crippen molar-refractivity contribution in [2.75, 3.05) is 19.0 Å². The van der Waals surface area contributed by atoms with Gasteiger partial charge in [-0.05, 0) is 162 Å². The van der Waals surface area contributed by atoms with Crippen LogP contribution in [0.15, 0.2) is 366 Å². The van der Waals surface area contributed by atoms with Gasteiger partial charge in [-0.25, -0.2) is 0 Å². The Hall–Kier alpha value is -12.2. The van der Waals surface area contributed by atoms with Crippen LogP contribution in [0.3, 0.4) is 0 Å². The van der Waals surface area contributed by atoms with E-state index in [-0.39, 0.29) is 152 Å². The number of anilines is 1. The summed E-state index contributed by atoms with van der Waals surface area (Å²) >= 11 is 3.19. The summed E-state index contributed by atoms with van der Waals surface area (Å²) < 4.78 is 7.75. The molecule has 5 radical (unpaired) electrons. The number of aliphatic hydroxyl groups is 6. The second kappa shape index (κ2) is 58.7. The number of hydrogen-bond donors (Lipinski definition) is 6. The van der Waals surface area contributed by atoms with Gasteiger partial charge in [0.15, 0.2) is 23.1 Å². The van der Waals surface area contributed by atoms with Crippen molar-refractivity contribution < 1.29 is 155 Å². The standard InChI is InChI=1S/2C19H12N.C18H13N2O2S.C17H10NS.C11H8N.C5H10O2.4C5H8O2.5Ir/c1-2-8-16-13-20-19(12-15(16)7-1)18-11-5-9-14-6-3-4-10-17(14)18;1-2-7-16-13-17(10-9-14(16)5-1)19-18-8-4-3-6-15(18)11-12-20-19;1-20(2)12-8-7-11-9-13(18(21)22-15(11)10-12)17-19-14-5-3-4-6-16(14)23-17;1-2-8-13-12(6-1)7-5-9-14(13)17-18-15-10-3-4-11-16(15)19-17;1-2-6-10(7-3-1)11-8-4-5-9-12-11;5*1-4(6)3-5(2)7;;;;;/h1-10,12-13H;1-9,11-13H;3-8,10H,1-2H3;1-8,10-11H;1-6,8-9H;3-4,6-7H,1-2H3;4*3,6H,1-2H3;;;;;/q5*-1;;;;;;;;;;. The van der Waals surface area contributed by atoms with E-state index in [9.17, 15) is 24.0 Å². The van der Waals surface area contributed by atoms with Crippen LogP contribution >= 0.6 is 22.7 Å². The molecule has 134 heavy (non-hydrogen) atoms. The Bertz CT molecular complexity index is 6700. The van der Waals surface area contributed by atoms with Crippen molar-refractivity contribution in [1.29, 1.82) is 0 Å². The second-order valence-electron chi connectivity index (χ2n) is 29.2. The molecule has 0 saturated carbocycles. The molecule has 1 atom stereocenters. The minimum absolute atomic E-state index is 0. The third kappa shape index (κ3) is 37.0. The van der Waals surface area contributed by atoms with Gasteiger partial charge >= 0.3 is 0 Å². The zero-order chi connectivity index (χ0) is 92.9.